The lowest BCUT2D eigenvalue weighted by atomic mass is 10.1. The molecule has 4 heterocycles. The molecule has 10 heteroatoms. The topological polar surface area (TPSA) is 101 Å². The molecular formula is C26H26FN5O3S. The summed E-state index contributed by atoms with van der Waals surface area (Å²) in [6, 6.07) is 13.5. The van der Waals surface area contributed by atoms with Crippen molar-refractivity contribution in [3.8, 4) is 11.3 Å². The van der Waals surface area contributed by atoms with Crippen LogP contribution in [0.2, 0.25) is 0 Å². The van der Waals surface area contributed by atoms with Crippen LogP contribution >= 0.6 is 0 Å². The fourth-order valence-corrected chi connectivity index (χ4v) is 6.98. The molecule has 0 aliphatic carbocycles. The smallest absolute Gasteiger partial charge is 0.274 e. The minimum absolute atomic E-state index is 0.0169. The number of hydrogen-bond donors (Lipinski definition) is 1. The van der Waals surface area contributed by atoms with Crippen LogP contribution in [-0.4, -0.2) is 57.0 Å². The van der Waals surface area contributed by atoms with E-state index in [1.807, 2.05) is 31.2 Å². The fraction of sp³-hybridized carbons (Fsp3) is 0.346. The molecule has 186 valence electrons. The predicted octanol–water partition coefficient (Wildman–Crippen LogP) is 4.21. The molecule has 36 heavy (non-hydrogen) atoms. The maximum Gasteiger partial charge on any atom is 0.274 e. The number of aromatic amines is 1. The molecule has 6 rings (SSSR count). The number of hydrogen-bond acceptors (Lipinski definition) is 5. The Hall–Kier alpha value is -3.53. The number of amides is 1. The van der Waals surface area contributed by atoms with Crippen molar-refractivity contribution in [1.29, 1.82) is 0 Å². The normalized spacial score (nSPS) is 21.4. The Kier molecular flexibility index (Phi) is 5.44. The van der Waals surface area contributed by atoms with Crippen LogP contribution in [0.15, 0.2) is 48.5 Å². The molecule has 0 radical (unpaired) electrons. The molecule has 2 fully saturated rings. The van der Waals surface area contributed by atoms with Crippen molar-refractivity contribution in [2.75, 3.05) is 18.1 Å². The van der Waals surface area contributed by atoms with Gasteiger partial charge < -0.3 is 9.88 Å². The van der Waals surface area contributed by atoms with Crippen molar-refractivity contribution in [1.82, 2.24) is 24.6 Å². The zero-order chi connectivity index (χ0) is 25.0. The van der Waals surface area contributed by atoms with Crippen molar-refractivity contribution < 1.29 is 17.6 Å². The molecule has 0 bridgehead atoms. The average Bonchev–Trinajstić information content (AvgIpc) is 3.63. The predicted molar refractivity (Wildman–Crippen MR) is 134 cm³/mol. The molecule has 2 aromatic carbocycles. The summed E-state index contributed by atoms with van der Waals surface area (Å²) < 4.78 is 39.8. The molecule has 2 aliphatic rings. The number of nitrogens with one attached hydrogen (secondary N) is 1. The largest absolute Gasteiger partial charge is 0.340 e. The summed E-state index contributed by atoms with van der Waals surface area (Å²) in [6.07, 6.45) is 2.02. The van der Waals surface area contributed by atoms with Crippen LogP contribution in [0.1, 0.15) is 53.2 Å². The Labute approximate surface area is 208 Å². The number of carbonyl (C=O) groups is 1. The van der Waals surface area contributed by atoms with Crippen molar-refractivity contribution in [2.24, 2.45) is 0 Å². The number of H-pyrrole nitrogens is 1. The number of rotatable bonds is 4. The molecule has 0 saturated carbocycles. The third kappa shape index (κ3) is 4.09. The summed E-state index contributed by atoms with van der Waals surface area (Å²) in [5.74, 6) is 0.191. The second-order valence-electron chi connectivity index (χ2n) is 9.72. The number of halogens is 1. The molecule has 0 spiro atoms. The molecular weight excluding hydrogens is 481 g/mol. The minimum Gasteiger partial charge on any atom is -0.340 e. The van der Waals surface area contributed by atoms with Gasteiger partial charge in [0.05, 0.1) is 40.3 Å². The number of carbonyl (C=O) groups excluding carboxylic acids is 1. The van der Waals surface area contributed by atoms with Gasteiger partial charge in [-0.2, -0.15) is 5.10 Å². The first-order chi connectivity index (χ1) is 17.3. The minimum atomic E-state index is -3.13. The van der Waals surface area contributed by atoms with Gasteiger partial charge in [0.15, 0.2) is 15.5 Å². The lowest BCUT2D eigenvalue weighted by molar-refractivity contribution is 0.0723. The highest BCUT2D eigenvalue weighted by Gasteiger charge is 2.36. The van der Waals surface area contributed by atoms with Crippen LogP contribution in [0.4, 0.5) is 4.39 Å². The Bertz CT molecular complexity index is 1570. The third-order valence-corrected chi connectivity index (χ3v) is 8.90. The van der Waals surface area contributed by atoms with Crippen LogP contribution in [0.25, 0.3) is 22.3 Å². The van der Waals surface area contributed by atoms with E-state index in [1.165, 1.54) is 12.1 Å². The van der Waals surface area contributed by atoms with E-state index >= 15 is 0 Å². The first-order valence-corrected chi connectivity index (χ1v) is 13.9. The highest BCUT2D eigenvalue weighted by atomic mass is 32.2. The van der Waals surface area contributed by atoms with Gasteiger partial charge in [0.1, 0.15) is 11.6 Å². The van der Waals surface area contributed by atoms with E-state index in [0.29, 0.717) is 29.8 Å². The van der Waals surface area contributed by atoms with Gasteiger partial charge in [0.2, 0.25) is 0 Å². The molecule has 2 unspecified atom stereocenters. The zero-order valence-electron chi connectivity index (χ0n) is 19.8. The standard InChI is InChI=1S/C26H26FN5O3S/c1-16-4-6-17(7-5-16)24-14-22(30-32(24)19-10-12-36(34,35)15-19)26(33)31-11-2-3-23(31)25-28-20-9-8-18(27)13-21(20)29-25/h4-9,13-14,19,23H,2-3,10-12,15H2,1H3,(H,28,29). The molecule has 4 aromatic rings. The number of fused-ring (bicyclic) bond motifs is 1. The van der Waals surface area contributed by atoms with Crippen molar-refractivity contribution >= 4 is 26.8 Å². The Morgan fingerprint density at radius 3 is 2.67 bits per heavy atom. The van der Waals surface area contributed by atoms with Crippen LogP contribution < -0.4 is 0 Å². The van der Waals surface area contributed by atoms with Crippen LogP contribution in [0, 0.1) is 12.7 Å². The van der Waals surface area contributed by atoms with Crippen molar-refractivity contribution in [3.05, 3.63) is 71.4 Å². The van der Waals surface area contributed by atoms with Gasteiger partial charge in [-0.15, -0.1) is 0 Å². The molecule has 8 nitrogen and oxygen atoms in total. The van der Waals surface area contributed by atoms with E-state index in [9.17, 15) is 17.6 Å². The summed E-state index contributed by atoms with van der Waals surface area (Å²) in [5, 5.41) is 4.66. The van der Waals surface area contributed by atoms with E-state index < -0.39 is 9.84 Å². The molecule has 2 aromatic heterocycles. The van der Waals surface area contributed by atoms with Gasteiger partial charge >= 0.3 is 0 Å². The second kappa shape index (κ2) is 8.55. The summed E-state index contributed by atoms with van der Waals surface area (Å²) in [5.41, 5.74) is 4.25. The van der Waals surface area contributed by atoms with E-state index in [0.717, 1.165) is 29.7 Å². The van der Waals surface area contributed by atoms with E-state index in [4.69, 9.17) is 0 Å². The number of benzene rings is 2. The average molecular weight is 508 g/mol. The summed E-state index contributed by atoms with van der Waals surface area (Å²) >= 11 is 0. The van der Waals surface area contributed by atoms with E-state index in [2.05, 4.69) is 15.1 Å². The number of nitrogens with zero attached hydrogens (tertiary/aromatic N) is 4. The molecule has 1 amide bonds. The Balaban J connectivity index is 1.36. The number of aryl methyl sites for hydroxylation is 1. The molecule has 1 N–H and O–H groups in total. The highest BCUT2D eigenvalue weighted by Crippen LogP contribution is 2.35. The number of likely N-dealkylation sites (tertiary alicyclic amines) is 1. The fourth-order valence-electron chi connectivity index (χ4n) is 5.29. The van der Waals surface area contributed by atoms with E-state index in [-0.39, 0.29) is 41.0 Å². The second-order valence-corrected chi connectivity index (χ2v) is 12.0. The maximum absolute atomic E-state index is 13.7. The van der Waals surface area contributed by atoms with Crippen LogP contribution in [0.3, 0.4) is 0 Å². The van der Waals surface area contributed by atoms with E-state index in [1.54, 1.807) is 21.7 Å². The number of sulfone groups is 1. The monoisotopic (exact) mass is 507 g/mol. The first kappa shape index (κ1) is 22.9. The van der Waals surface area contributed by atoms with Crippen molar-refractivity contribution in [3.63, 3.8) is 0 Å². The SMILES string of the molecule is Cc1ccc(-c2cc(C(=O)N3CCCC3c3nc4ccc(F)cc4[nH]3)nn2C2CCS(=O)(=O)C2)cc1. The Morgan fingerprint density at radius 1 is 1.11 bits per heavy atom. The highest BCUT2D eigenvalue weighted by molar-refractivity contribution is 7.91. The van der Waals surface area contributed by atoms with Gasteiger partial charge in [0.25, 0.3) is 5.91 Å². The zero-order valence-corrected chi connectivity index (χ0v) is 20.6. The summed E-state index contributed by atoms with van der Waals surface area (Å²) in [6.45, 7) is 2.55. The maximum atomic E-state index is 13.7. The third-order valence-electron chi connectivity index (χ3n) is 7.15. The lowest BCUT2D eigenvalue weighted by Crippen LogP contribution is -2.31. The van der Waals surface area contributed by atoms with Crippen molar-refractivity contribution in [2.45, 2.75) is 38.3 Å². The molecule has 2 atom stereocenters. The van der Waals surface area contributed by atoms with Gasteiger partial charge in [-0.1, -0.05) is 29.8 Å². The van der Waals surface area contributed by atoms with Gasteiger partial charge in [-0.25, -0.2) is 17.8 Å². The van der Waals surface area contributed by atoms with Gasteiger partial charge in [0, 0.05) is 6.54 Å². The summed E-state index contributed by atoms with van der Waals surface area (Å²) in [7, 11) is -3.13. The van der Waals surface area contributed by atoms with Crippen LogP contribution in [-0.2, 0) is 9.84 Å². The molecule has 2 aliphatic heterocycles. The Morgan fingerprint density at radius 2 is 1.92 bits per heavy atom. The van der Waals surface area contributed by atoms with Crippen LogP contribution in [0.5, 0.6) is 0 Å². The lowest BCUT2D eigenvalue weighted by Gasteiger charge is -2.22. The van der Waals surface area contributed by atoms with Gasteiger partial charge in [-0.05, 0) is 56.0 Å². The quantitative estimate of drug-likeness (QED) is 0.446. The first-order valence-electron chi connectivity index (χ1n) is 12.1. The molecule has 2 saturated heterocycles. The summed E-state index contributed by atoms with van der Waals surface area (Å²) in [4.78, 5) is 23.3. The number of aromatic nitrogens is 4. The number of imidazole rings is 1. The van der Waals surface area contributed by atoms with Gasteiger partial charge in [-0.3, -0.25) is 9.48 Å².